The zero-order chi connectivity index (χ0) is 10.2. The summed E-state index contributed by atoms with van der Waals surface area (Å²) in [5.74, 6) is 0.805. The number of rotatable bonds is 6. The van der Waals surface area contributed by atoms with Crippen molar-refractivity contribution in [1.29, 1.82) is 0 Å². The van der Waals surface area contributed by atoms with Crippen molar-refractivity contribution in [3.63, 3.8) is 0 Å². The first-order valence-electron chi connectivity index (χ1n) is 5.76. The number of ether oxygens (including phenoxy) is 2. The fourth-order valence-corrected chi connectivity index (χ4v) is 1.68. The van der Waals surface area contributed by atoms with Gasteiger partial charge in [-0.15, -0.1) is 0 Å². The molecule has 0 aliphatic carbocycles. The van der Waals surface area contributed by atoms with Crippen LogP contribution in [0.2, 0.25) is 0 Å². The van der Waals surface area contributed by atoms with Crippen LogP contribution in [0.1, 0.15) is 26.7 Å². The minimum atomic E-state index is 0.262. The van der Waals surface area contributed by atoms with E-state index in [2.05, 4.69) is 19.2 Å². The molecule has 0 aromatic rings. The summed E-state index contributed by atoms with van der Waals surface area (Å²) in [5.41, 5.74) is 0. The summed E-state index contributed by atoms with van der Waals surface area (Å²) in [5, 5.41) is 3.45. The zero-order valence-electron chi connectivity index (χ0n) is 9.42. The van der Waals surface area contributed by atoms with Gasteiger partial charge in [-0.25, -0.2) is 0 Å². The Morgan fingerprint density at radius 1 is 1.29 bits per heavy atom. The molecule has 0 amide bonds. The monoisotopic (exact) mass is 201 g/mol. The van der Waals surface area contributed by atoms with Gasteiger partial charge in [-0.2, -0.15) is 0 Å². The van der Waals surface area contributed by atoms with Crippen molar-refractivity contribution in [2.24, 2.45) is 5.92 Å². The normalized spacial score (nSPS) is 22.9. The van der Waals surface area contributed by atoms with Gasteiger partial charge in [-0.05, 0) is 12.5 Å². The molecule has 0 aromatic heterocycles. The molecule has 3 nitrogen and oxygen atoms in total. The summed E-state index contributed by atoms with van der Waals surface area (Å²) >= 11 is 0. The van der Waals surface area contributed by atoms with Crippen molar-refractivity contribution in [3.8, 4) is 0 Å². The quantitative estimate of drug-likeness (QED) is 0.705. The lowest BCUT2D eigenvalue weighted by atomic mass is 10.0. The van der Waals surface area contributed by atoms with E-state index in [9.17, 15) is 0 Å². The minimum Gasteiger partial charge on any atom is -0.376 e. The number of hydrogen-bond acceptors (Lipinski definition) is 3. The van der Waals surface area contributed by atoms with Crippen LogP contribution in [0.25, 0.3) is 0 Å². The van der Waals surface area contributed by atoms with Gasteiger partial charge in [0.05, 0.1) is 25.9 Å². The SMILES string of the molecule is CCC(CC)CNCC1COCCO1. The average Bonchev–Trinajstić information content (AvgIpc) is 2.26. The van der Waals surface area contributed by atoms with Crippen molar-refractivity contribution in [1.82, 2.24) is 5.32 Å². The van der Waals surface area contributed by atoms with Crippen LogP contribution in [0.5, 0.6) is 0 Å². The Bertz CT molecular complexity index is 131. The van der Waals surface area contributed by atoms with Gasteiger partial charge in [-0.1, -0.05) is 26.7 Å². The van der Waals surface area contributed by atoms with Crippen LogP contribution in [0.3, 0.4) is 0 Å². The van der Waals surface area contributed by atoms with Crippen molar-refractivity contribution in [2.75, 3.05) is 32.9 Å². The molecule has 1 fully saturated rings. The Morgan fingerprint density at radius 3 is 2.64 bits per heavy atom. The summed E-state index contributed by atoms with van der Waals surface area (Å²) in [6.45, 7) is 8.77. The highest BCUT2D eigenvalue weighted by Crippen LogP contribution is 2.05. The lowest BCUT2D eigenvalue weighted by Gasteiger charge is -2.24. The Balaban J connectivity index is 2.01. The predicted octanol–water partition coefficient (Wildman–Crippen LogP) is 1.43. The van der Waals surface area contributed by atoms with Crippen LogP contribution < -0.4 is 5.32 Å². The summed E-state index contributed by atoms with van der Waals surface area (Å²) in [7, 11) is 0. The first-order chi connectivity index (χ1) is 6.86. The molecule has 14 heavy (non-hydrogen) atoms. The standard InChI is InChI=1S/C11H23NO2/c1-3-10(4-2)7-12-8-11-9-13-5-6-14-11/h10-12H,3-9H2,1-2H3. The maximum Gasteiger partial charge on any atom is 0.0933 e. The molecule has 1 saturated heterocycles. The lowest BCUT2D eigenvalue weighted by Crippen LogP contribution is -2.38. The van der Waals surface area contributed by atoms with Crippen LogP contribution in [-0.4, -0.2) is 39.0 Å². The van der Waals surface area contributed by atoms with E-state index < -0.39 is 0 Å². The van der Waals surface area contributed by atoms with E-state index in [1.807, 2.05) is 0 Å². The Labute approximate surface area is 87.2 Å². The van der Waals surface area contributed by atoms with Crippen LogP contribution in [0.4, 0.5) is 0 Å². The van der Waals surface area contributed by atoms with E-state index in [0.717, 1.165) is 38.8 Å². The fraction of sp³-hybridized carbons (Fsp3) is 1.00. The van der Waals surface area contributed by atoms with E-state index >= 15 is 0 Å². The molecule has 0 spiro atoms. The van der Waals surface area contributed by atoms with Crippen molar-refractivity contribution in [3.05, 3.63) is 0 Å². The molecule has 0 radical (unpaired) electrons. The van der Waals surface area contributed by atoms with Gasteiger partial charge in [0.25, 0.3) is 0 Å². The van der Waals surface area contributed by atoms with E-state index in [4.69, 9.17) is 9.47 Å². The molecule has 1 aliphatic rings. The summed E-state index contributed by atoms with van der Waals surface area (Å²) in [6.07, 6.45) is 2.77. The van der Waals surface area contributed by atoms with Crippen molar-refractivity contribution < 1.29 is 9.47 Å². The Kier molecular flexibility index (Phi) is 6.15. The second kappa shape index (κ2) is 7.21. The van der Waals surface area contributed by atoms with E-state index in [1.54, 1.807) is 0 Å². The Hall–Kier alpha value is -0.120. The van der Waals surface area contributed by atoms with Crippen LogP contribution in [-0.2, 0) is 9.47 Å². The van der Waals surface area contributed by atoms with Gasteiger partial charge in [0.1, 0.15) is 0 Å². The van der Waals surface area contributed by atoms with E-state index in [1.165, 1.54) is 12.8 Å². The second-order valence-corrected chi connectivity index (χ2v) is 3.91. The minimum absolute atomic E-state index is 0.262. The summed E-state index contributed by atoms with van der Waals surface area (Å²) in [4.78, 5) is 0. The zero-order valence-corrected chi connectivity index (χ0v) is 9.42. The Morgan fingerprint density at radius 2 is 2.07 bits per heavy atom. The molecule has 0 aromatic carbocycles. The van der Waals surface area contributed by atoms with Gasteiger partial charge in [-0.3, -0.25) is 0 Å². The first-order valence-corrected chi connectivity index (χ1v) is 5.76. The van der Waals surface area contributed by atoms with Gasteiger partial charge < -0.3 is 14.8 Å². The highest BCUT2D eigenvalue weighted by Gasteiger charge is 2.13. The predicted molar refractivity (Wildman–Crippen MR) is 57.5 cm³/mol. The van der Waals surface area contributed by atoms with E-state index in [0.29, 0.717) is 0 Å². The third-order valence-corrected chi connectivity index (χ3v) is 2.84. The summed E-state index contributed by atoms with van der Waals surface area (Å²) < 4.78 is 10.9. The highest BCUT2D eigenvalue weighted by molar-refractivity contribution is 4.66. The van der Waals surface area contributed by atoms with Gasteiger partial charge >= 0.3 is 0 Å². The molecule has 1 rings (SSSR count). The molecule has 1 atom stereocenters. The molecule has 3 heteroatoms. The molecule has 84 valence electrons. The van der Waals surface area contributed by atoms with Crippen LogP contribution in [0.15, 0.2) is 0 Å². The molecule has 1 aliphatic heterocycles. The van der Waals surface area contributed by atoms with Gasteiger partial charge in [0.2, 0.25) is 0 Å². The van der Waals surface area contributed by atoms with Gasteiger partial charge in [0.15, 0.2) is 0 Å². The number of hydrogen-bond donors (Lipinski definition) is 1. The van der Waals surface area contributed by atoms with Crippen molar-refractivity contribution >= 4 is 0 Å². The molecule has 1 N–H and O–H groups in total. The van der Waals surface area contributed by atoms with Crippen molar-refractivity contribution in [2.45, 2.75) is 32.8 Å². The fourth-order valence-electron chi connectivity index (χ4n) is 1.68. The largest absolute Gasteiger partial charge is 0.376 e. The van der Waals surface area contributed by atoms with Gasteiger partial charge in [0, 0.05) is 6.54 Å². The highest BCUT2D eigenvalue weighted by atomic mass is 16.6. The topological polar surface area (TPSA) is 30.5 Å². The smallest absolute Gasteiger partial charge is 0.0933 e. The molecule has 0 bridgehead atoms. The molecule has 0 saturated carbocycles. The van der Waals surface area contributed by atoms with E-state index in [-0.39, 0.29) is 6.10 Å². The molecular weight excluding hydrogens is 178 g/mol. The number of nitrogens with one attached hydrogen (secondary N) is 1. The maximum absolute atomic E-state index is 5.54. The molecule has 1 unspecified atom stereocenters. The molecule has 1 heterocycles. The maximum atomic E-state index is 5.54. The third kappa shape index (κ3) is 4.40. The first kappa shape index (κ1) is 12.0. The third-order valence-electron chi connectivity index (χ3n) is 2.84. The summed E-state index contributed by atoms with van der Waals surface area (Å²) in [6, 6.07) is 0. The lowest BCUT2D eigenvalue weighted by molar-refractivity contribution is -0.0865. The van der Waals surface area contributed by atoms with Crippen LogP contribution in [0, 0.1) is 5.92 Å². The second-order valence-electron chi connectivity index (χ2n) is 3.91. The average molecular weight is 201 g/mol. The van der Waals surface area contributed by atoms with Crippen LogP contribution >= 0.6 is 0 Å². The molecular formula is C11H23NO2.